The molecule has 0 saturated carbocycles. The highest BCUT2D eigenvalue weighted by Gasteiger charge is 1.99. The molecule has 0 aromatic heterocycles. The molecule has 0 aliphatic carbocycles. The van der Waals surface area contributed by atoms with E-state index in [1.54, 1.807) is 12.1 Å². The summed E-state index contributed by atoms with van der Waals surface area (Å²) in [4.78, 5) is 10.8. The Balaban J connectivity index is 2.64. The molecule has 0 heterocycles. The zero-order valence-corrected chi connectivity index (χ0v) is 7.97. The van der Waals surface area contributed by atoms with E-state index in [0.29, 0.717) is 11.6 Å². The average Bonchev–Trinajstić information content (AvgIpc) is 2.19. The molecule has 13 heavy (non-hydrogen) atoms. The van der Waals surface area contributed by atoms with Crippen molar-refractivity contribution in [2.45, 2.75) is 5.88 Å². The van der Waals surface area contributed by atoms with Gasteiger partial charge < -0.3 is 4.74 Å². The van der Waals surface area contributed by atoms with Crippen molar-refractivity contribution in [1.82, 2.24) is 0 Å². The molecule has 1 aromatic carbocycles. The number of alkyl halides is 1. The predicted molar refractivity (Wildman–Crippen MR) is 52.0 cm³/mol. The maximum Gasteiger partial charge on any atom is 0.411 e. The van der Waals surface area contributed by atoms with Gasteiger partial charge in [-0.25, -0.2) is 4.79 Å². The summed E-state index contributed by atoms with van der Waals surface area (Å²) in [6, 6.07) is 7.24. The van der Waals surface area contributed by atoms with E-state index >= 15 is 0 Å². The molecule has 70 valence electrons. The number of benzene rings is 1. The van der Waals surface area contributed by atoms with E-state index in [2.05, 4.69) is 10.1 Å². The van der Waals surface area contributed by atoms with Crippen LogP contribution in [0.25, 0.3) is 0 Å². The van der Waals surface area contributed by atoms with Crippen molar-refractivity contribution in [1.29, 1.82) is 0 Å². The lowest BCUT2D eigenvalue weighted by atomic mass is 10.2. The highest BCUT2D eigenvalue weighted by molar-refractivity contribution is 6.17. The molecule has 0 aliphatic heterocycles. The molecule has 0 aliphatic rings. The zero-order chi connectivity index (χ0) is 9.68. The molecule has 0 unspecified atom stereocenters. The highest BCUT2D eigenvalue weighted by Crippen LogP contribution is 2.11. The van der Waals surface area contributed by atoms with Gasteiger partial charge in [-0.05, 0) is 17.7 Å². The van der Waals surface area contributed by atoms with E-state index < -0.39 is 6.09 Å². The van der Waals surface area contributed by atoms with Crippen molar-refractivity contribution in [2.24, 2.45) is 0 Å². The first-order chi connectivity index (χ1) is 6.26. The zero-order valence-electron chi connectivity index (χ0n) is 7.21. The third-order valence-electron chi connectivity index (χ3n) is 1.54. The molecular formula is C9H10ClNO2. The fourth-order valence-electron chi connectivity index (χ4n) is 0.846. The van der Waals surface area contributed by atoms with E-state index in [1.165, 1.54) is 7.11 Å². The summed E-state index contributed by atoms with van der Waals surface area (Å²) in [6.07, 6.45) is -0.473. The van der Waals surface area contributed by atoms with Gasteiger partial charge in [0.1, 0.15) is 0 Å². The maximum absolute atomic E-state index is 10.8. The number of halogens is 1. The summed E-state index contributed by atoms with van der Waals surface area (Å²) < 4.78 is 4.43. The van der Waals surface area contributed by atoms with Crippen molar-refractivity contribution in [2.75, 3.05) is 12.4 Å². The molecule has 1 N–H and O–H groups in total. The Labute approximate surface area is 81.7 Å². The van der Waals surface area contributed by atoms with Crippen LogP contribution >= 0.6 is 11.6 Å². The van der Waals surface area contributed by atoms with Crippen LogP contribution in [-0.4, -0.2) is 13.2 Å². The first-order valence-corrected chi connectivity index (χ1v) is 4.29. The topological polar surface area (TPSA) is 38.3 Å². The summed E-state index contributed by atoms with van der Waals surface area (Å²) in [5.74, 6) is 0.471. The Kier molecular flexibility index (Phi) is 3.58. The molecule has 0 spiro atoms. The Morgan fingerprint density at radius 1 is 1.46 bits per heavy atom. The standard InChI is InChI=1S/C9H10ClNO2/c1-13-9(12)11-8-4-2-7(6-10)3-5-8/h2-5H,6H2,1H3,(H,11,12). The first kappa shape index (κ1) is 9.86. The van der Waals surface area contributed by atoms with Crippen LogP contribution in [0.15, 0.2) is 24.3 Å². The number of methoxy groups -OCH3 is 1. The van der Waals surface area contributed by atoms with Gasteiger partial charge in [0.15, 0.2) is 0 Å². The second-order valence-electron chi connectivity index (χ2n) is 2.45. The van der Waals surface area contributed by atoms with Crippen LogP contribution in [-0.2, 0) is 10.6 Å². The minimum Gasteiger partial charge on any atom is -0.453 e. The van der Waals surface area contributed by atoms with Crippen LogP contribution in [0.2, 0.25) is 0 Å². The summed E-state index contributed by atoms with van der Waals surface area (Å²) >= 11 is 5.60. The third-order valence-corrected chi connectivity index (χ3v) is 1.85. The van der Waals surface area contributed by atoms with E-state index in [1.807, 2.05) is 12.1 Å². The van der Waals surface area contributed by atoms with Crippen molar-refractivity contribution in [3.8, 4) is 0 Å². The molecule has 1 rings (SSSR count). The van der Waals surface area contributed by atoms with Gasteiger partial charge >= 0.3 is 6.09 Å². The SMILES string of the molecule is COC(=O)Nc1ccc(CCl)cc1. The number of ether oxygens (including phenoxy) is 1. The van der Waals surface area contributed by atoms with Crippen LogP contribution < -0.4 is 5.32 Å². The van der Waals surface area contributed by atoms with Crippen LogP contribution in [0.5, 0.6) is 0 Å². The van der Waals surface area contributed by atoms with E-state index in [-0.39, 0.29) is 0 Å². The Morgan fingerprint density at radius 2 is 2.08 bits per heavy atom. The van der Waals surface area contributed by atoms with Crippen LogP contribution in [0.4, 0.5) is 10.5 Å². The minimum absolute atomic E-state index is 0.471. The van der Waals surface area contributed by atoms with Crippen molar-refractivity contribution < 1.29 is 9.53 Å². The average molecular weight is 200 g/mol. The fraction of sp³-hybridized carbons (Fsp3) is 0.222. The number of carbonyl (C=O) groups excluding carboxylic acids is 1. The second-order valence-corrected chi connectivity index (χ2v) is 2.71. The molecule has 0 bridgehead atoms. The number of anilines is 1. The van der Waals surface area contributed by atoms with Gasteiger partial charge in [-0.1, -0.05) is 12.1 Å². The lowest BCUT2D eigenvalue weighted by Crippen LogP contribution is -2.10. The molecule has 0 saturated heterocycles. The third kappa shape index (κ3) is 2.95. The molecule has 3 nitrogen and oxygen atoms in total. The molecule has 0 fully saturated rings. The van der Waals surface area contributed by atoms with Gasteiger partial charge in [-0.15, -0.1) is 11.6 Å². The summed E-state index contributed by atoms with van der Waals surface area (Å²) in [5, 5.41) is 2.54. The molecule has 1 amide bonds. The van der Waals surface area contributed by atoms with Gasteiger partial charge in [0.2, 0.25) is 0 Å². The van der Waals surface area contributed by atoms with Crippen LogP contribution in [0.1, 0.15) is 5.56 Å². The van der Waals surface area contributed by atoms with Gasteiger partial charge in [0, 0.05) is 11.6 Å². The van der Waals surface area contributed by atoms with Gasteiger partial charge in [-0.3, -0.25) is 5.32 Å². The quantitative estimate of drug-likeness (QED) is 0.744. The Hall–Kier alpha value is -1.22. The van der Waals surface area contributed by atoms with Gasteiger partial charge in [-0.2, -0.15) is 0 Å². The van der Waals surface area contributed by atoms with Crippen molar-refractivity contribution in [3.63, 3.8) is 0 Å². The number of amides is 1. The summed E-state index contributed by atoms with van der Waals surface area (Å²) in [5.41, 5.74) is 1.71. The van der Waals surface area contributed by atoms with Crippen molar-refractivity contribution in [3.05, 3.63) is 29.8 Å². The first-order valence-electron chi connectivity index (χ1n) is 3.76. The number of carbonyl (C=O) groups is 1. The molecule has 0 radical (unpaired) electrons. The number of hydrogen-bond donors (Lipinski definition) is 1. The van der Waals surface area contributed by atoms with Crippen molar-refractivity contribution >= 4 is 23.4 Å². The number of nitrogens with one attached hydrogen (secondary N) is 1. The Morgan fingerprint density at radius 3 is 2.54 bits per heavy atom. The minimum atomic E-state index is -0.473. The lowest BCUT2D eigenvalue weighted by molar-refractivity contribution is 0.187. The van der Waals surface area contributed by atoms with Crippen LogP contribution in [0.3, 0.4) is 0 Å². The summed E-state index contributed by atoms with van der Waals surface area (Å²) in [6.45, 7) is 0. The van der Waals surface area contributed by atoms with E-state index in [0.717, 1.165) is 5.56 Å². The number of rotatable bonds is 2. The predicted octanol–water partition coefficient (Wildman–Crippen LogP) is 2.60. The highest BCUT2D eigenvalue weighted by atomic mass is 35.5. The largest absolute Gasteiger partial charge is 0.453 e. The number of hydrogen-bond acceptors (Lipinski definition) is 2. The Bertz CT molecular complexity index is 284. The van der Waals surface area contributed by atoms with E-state index in [9.17, 15) is 4.79 Å². The van der Waals surface area contributed by atoms with E-state index in [4.69, 9.17) is 11.6 Å². The molecular weight excluding hydrogens is 190 g/mol. The smallest absolute Gasteiger partial charge is 0.411 e. The fourth-order valence-corrected chi connectivity index (χ4v) is 1.02. The maximum atomic E-state index is 10.8. The summed E-state index contributed by atoms with van der Waals surface area (Å²) in [7, 11) is 1.32. The second kappa shape index (κ2) is 4.72. The normalized spacial score (nSPS) is 9.38. The monoisotopic (exact) mass is 199 g/mol. The molecule has 4 heteroatoms. The molecule has 1 aromatic rings. The van der Waals surface area contributed by atoms with Gasteiger partial charge in [0.05, 0.1) is 7.11 Å². The molecule has 0 atom stereocenters. The van der Waals surface area contributed by atoms with Gasteiger partial charge in [0.25, 0.3) is 0 Å². The lowest BCUT2D eigenvalue weighted by Gasteiger charge is -2.03. The van der Waals surface area contributed by atoms with Crippen LogP contribution in [0, 0.1) is 0 Å².